The molecule has 3 rings (SSSR count). The van der Waals surface area contributed by atoms with Gasteiger partial charge in [-0.15, -0.1) is 0 Å². The summed E-state index contributed by atoms with van der Waals surface area (Å²) < 4.78 is 0.927. The summed E-state index contributed by atoms with van der Waals surface area (Å²) >= 11 is 3.48. The number of halogens is 1. The van der Waals surface area contributed by atoms with Crippen LogP contribution in [0.1, 0.15) is 23.3 Å². The molecule has 0 bridgehead atoms. The lowest BCUT2D eigenvalue weighted by Gasteiger charge is -2.14. The van der Waals surface area contributed by atoms with Crippen LogP contribution < -0.4 is 0 Å². The van der Waals surface area contributed by atoms with Gasteiger partial charge in [0.2, 0.25) is 0 Å². The molecular weight excluding hydrogens is 292 g/mol. The van der Waals surface area contributed by atoms with Crippen LogP contribution in [0.25, 0.3) is 10.9 Å². The number of rotatable bonds is 1. The van der Waals surface area contributed by atoms with Gasteiger partial charge >= 0.3 is 0 Å². The number of aromatic nitrogens is 1. The summed E-state index contributed by atoms with van der Waals surface area (Å²) in [4.78, 5) is 18.6. The molecular formula is C14H13BrN2O. The maximum Gasteiger partial charge on any atom is 0.272 e. The molecule has 18 heavy (non-hydrogen) atoms. The van der Waals surface area contributed by atoms with E-state index in [9.17, 15) is 4.79 Å². The molecule has 1 aliphatic rings. The Balaban J connectivity index is 2.02. The third-order valence-corrected chi connectivity index (χ3v) is 3.92. The van der Waals surface area contributed by atoms with Crippen LogP contribution in [-0.4, -0.2) is 28.9 Å². The van der Waals surface area contributed by atoms with Crippen molar-refractivity contribution in [3.63, 3.8) is 0 Å². The van der Waals surface area contributed by atoms with Gasteiger partial charge in [-0.1, -0.05) is 18.2 Å². The van der Waals surface area contributed by atoms with E-state index in [-0.39, 0.29) is 5.91 Å². The largest absolute Gasteiger partial charge is 0.337 e. The van der Waals surface area contributed by atoms with Crippen LogP contribution in [0.3, 0.4) is 0 Å². The molecule has 1 aromatic carbocycles. The summed E-state index contributed by atoms with van der Waals surface area (Å²) in [5.41, 5.74) is 1.39. The second-order valence-electron chi connectivity index (χ2n) is 4.51. The number of nitrogens with zero attached hydrogens (tertiary/aromatic N) is 2. The average molecular weight is 305 g/mol. The Labute approximate surface area is 114 Å². The van der Waals surface area contributed by atoms with E-state index in [0.717, 1.165) is 41.3 Å². The van der Waals surface area contributed by atoms with Crippen LogP contribution >= 0.6 is 15.9 Å². The van der Waals surface area contributed by atoms with Crippen molar-refractivity contribution >= 4 is 32.7 Å². The molecule has 92 valence electrons. The highest BCUT2D eigenvalue weighted by Crippen LogP contribution is 2.23. The van der Waals surface area contributed by atoms with Crippen LogP contribution in [0.4, 0.5) is 0 Å². The molecule has 1 saturated heterocycles. The minimum atomic E-state index is 0.0464. The number of fused-ring (bicyclic) bond motifs is 1. The van der Waals surface area contributed by atoms with Gasteiger partial charge in [0.15, 0.2) is 0 Å². The number of likely N-dealkylation sites (tertiary alicyclic amines) is 1. The Hall–Kier alpha value is -1.42. The minimum Gasteiger partial charge on any atom is -0.337 e. The van der Waals surface area contributed by atoms with Gasteiger partial charge < -0.3 is 4.90 Å². The first-order valence-corrected chi connectivity index (χ1v) is 6.89. The molecule has 1 fully saturated rings. The maximum absolute atomic E-state index is 12.3. The summed E-state index contributed by atoms with van der Waals surface area (Å²) in [6, 6.07) is 9.68. The summed E-state index contributed by atoms with van der Waals surface area (Å²) in [5, 5.41) is 1.04. The fourth-order valence-electron chi connectivity index (χ4n) is 2.31. The van der Waals surface area contributed by atoms with Crippen LogP contribution in [0.15, 0.2) is 34.8 Å². The summed E-state index contributed by atoms with van der Waals surface area (Å²) in [7, 11) is 0. The SMILES string of the molecule is O=C(c1ccc2cccc(Br)c2n1)N1CCCC1. The van der Waals surface area contributed by atoms with Gasteiger partial charge in [-0.3, -0.25) is 4.79 Å². The Morgan fingerprint density at radius 1 is 1.17 bits per heavy atom. The number of pyridine rings is 1. The van der Waals surface area contributed by atoms with Crippen molar-refractivity contribution in [1.29, 1.82) is 0 Å². The number of carbonyl (C=O) groups is 1. The predicted molar refractivity (Wildman–Crippen MR) is 74.6 cm³/mol. The molecule has 0 N–H and O–H groups in total. The molecule has 3 nitrogen and oxygen atoms in total. The lowest BCUT2D eigenvalue weighted by Crippen LogP contribution is -2.28. The van der Waals surface area contributed by atoms with Crippen LogP contribution in [0, 0.1) is 0 Å². The van der Waals surface area contributed by atoms with Crippen LogP contribution in [0.2, 0.25) is 0 Å². The standard InChI is InChI=1S/C14H13BrN2O/c15-11-5-3-4-10-6-7-12(16-13(10)11)14(18)17-8-1-2-9-17/h3-7H,1-2,8-9H2. The van der Waals surface area contributed by atoms with Gasteiger partial charge in [0.05, 0.1) is 5.52 Å². The molecule has 0 spiro atoms. The van der Waals surface area contributed by atoms with Gasteiger partial charge in [0, 0.05) is 22.9 Å². The number of hydrogen-bond donors (Lipinski definition) is 0. The molecule has 0 aliphatic carbocycles. The van der Waals surface area contributed by atoms with E-state index in [1.807, 2.05) is 35.2 Å². The van der Waals surface area contributed by atoms with E-state index >= 15 is 0 Å². The first kappa shape index (κ1) is 11.7. The Bertz CT molecular complexity index is 606. The topological polar surface area (TPSA) is 33.2 Å². The molecule has 2 aromatic rings. The number of carbonyl (C=O) groups excluding carboxylic acids is 1. The highest BCUT2D eigenvalue weighted by molar-refractivity contribution is 9.10. The number of amides is 1. The fraction of sp³-hybridized carbons (Fsp3) is 0.286. The first-order chi connectivity index (χ1) is 8.75. The van der Waals surface area contributed by atoms with Crippen molar-refractivity contribution in [2.75, 3.05) is 13.1 Å². The summed E-state index contributed by atoms with van der Waals surface area (Å²) in [6.45, 7) is 1.71. The van der Waals surface area contributed by atoms with Crippen molar-refractivity contribution in [2.45, 2.75) is 12.8 Å². The number of para-hydroxylation sites is 1. The van der Waals surface area contributed by atoms with Crippen molar-refractivity contribution < 1.29 is 4.79 Å². The zero-order valence-corrected chi connectivity index (χ0v) is 11.5. The van der Waals surface area contributed by atoms with E-state index in [2.05, 4.69) is 20.9 Å². The maximum atomic E-state index is 12.3. The Morgan fingerprint density at radius 3 is 2.72 bits per heavy atom. The second kappa shape index (κ2) is 4.69. The molecule has 1 amide bonds. The predicted octanol–water partition coefficient (Wildman–Crippen LogP) is 3.23. The van der Waals surface area contributed by atoms with Crippen molar-refractivity contribution in [1.82, 2.24) is 9.88 Å². The average Bonchev–Trinajstić information content (AvgIpc) is 2.92. The number of benzene rings is 1. The molecule has 1 aromatic heterocycles. The fourth-order valence-corrected chi connectivity index (χ4v) is 2.78. The molecule has 2 heterocycles. The highest BCUT2D eigenvalue weighted by Gasteiger charge is 2.20. The zero-order valence-electron chi connectivity index (χ0n) is 9.90. The van der Waals surface area contributed by atoms with Crippen molar-refractivity contribution in [2.24, 2.45) is 0 Å². The smallest absolute Gasteiger partial charge is 0.272 e. The van der Waals surface area contributed by atoms with Gasteiger partial charge in [0.1, 0.15) is 5.69 Å². The molecule has 0 saturated carbocycles. The minimum absolute atomic E-state index is 0.0464. The third-order valence-electron chi connectivity index (χ3n) is 3.28. The van der Waals surface area contributed by atoms with E-state index in [1.54, 1.807) is 0 Å². The normalized spacial score (nSPS) is 15.3. The lowest BCUT2D eigenvalue weighted by molar-refractivity contribution is 0.0787. The Morgan fingerprint density at radius 2 is 1.94 bits per heavy atom. The van der Waals surface area contributed by atoms with Gasteiger partial charge in [-0.25, -0.2) is 4.98 Å². The van der Waals surface area contributed by atoms with Crippen LogP contribution in [0.5, 0.6) is 0 Å². The highest BCUT2D eigenvalue weighted by atomic mass is 79.9. The first-order valence-electron chi connectivity index (χ1n) is 6.10. The summed E-state index contributed by atoms with van der Waals surface area (Å²) in [5.74, 6) is 0.0464. The van der Waals surface area contributed by atoms with E-state index in [4.69, 9.17) is 0 Å². The monoisotopic (exact) mass is 304 g/mol. The molecule has 4 heteroatoms. The molecule has 0 atom stereocenters. The molecule has 0 unspecified atom stereocenters. The van der Waals surface area contributed by atoms with Gasteiger partial charge in [-0.05, 0) is 40.9 Å². The summed E-state index contributed by atoms with van der Waals surface area (Å²) in [6.07, 6.45) is 2.20. The third kappa shape index (κ3) is 2.01. The molecule has 0 radical (unpaired) electrons. The number of hydrogen-bond acceptors (Lipinski definition) is 2. The molecule has 1 aliphatic heterocycles. The van der Waals surface area contributed by atoms with E-state index in [0.29, 0.717) is 5.69 Å². The quantitative estimate of drug-likeness (QED) is 0.810. The van der Waals surface area contributed by atoms with Crippen LogP contribution in [-0.2, 0) is 0 Å². The van der Waals surface area contributed by atoms with E-state index < -0.39 is 0 Å². The van der Waals surface area contributed by atoms with Crippen molar-refractivity contribution in [3.05, 3.63) is 40.5 Å². The Kier molecular flexibility index (Phi) is 3.04. The van der Waals surface area contributed by atoms with E-state index in [1.165, 1.54) is 0 Å². The lowest BCUT2D eigenvalue weighted by atomic mass is 10.2. The zero-order chi connectivity index (χ0) is 12.5. The van der Waals surface area contributed by atoms with Gasteiger partial charge in [-0.2, -0.15) is 0 Å². The van der Waals surface area contributed by atoms with Gasteiger partial charge in [0.25, 0.3) is 5.91 Å². The van der Waals surface area contributed by atoms with Crippen molar-refractivity contribution in [3.8, 4) is 0 Å². The second-order valence-corrected chi connectivity index (χ2v) is 5.36.